The summed E-state index contributed by atoms with van der Waals surface area (Å²) in [6.07, 6.45) is 3.50. The van der Waals surface area contributed by atoms with Crippen molar-refractivity contribution in [3.05, 3.63) is 54.9 Å². The first-order valence-corrected chi connectivity index (χ1v) is 7.29. The zero-order chi connectivity index (χ0) is 16.8. The number of hydrogen-bond donors (Lipinski definition) is 2. The first-order valence-electron chi connectivity index (χ1n) is 7.29. The quantitative estimate of drug-likeness (QED) is 0.605. The average Bonchev–Trinajstić information content (AvgIpc) is 3.33. The van der Waals surface area contributed by atoms with E-state index in [4.69, 9.17) is 9.47 Å². The minimum absolute atomic E-state index is 0.700. The molecule has 0 aliphatic rings. The molecule has 7 heteroatoms. The number of ether oxygens (including phenoxy) is 2. The Morgan fingerprint density at radius 2 is 1.58 bits per heavy atom. The van der Waals surface area contributed by atoms with E-state index in [1.165, 1.54) is 0 Å². The Labute approximate surface area is 138 Å². The number of aromatic amines is 2. The lowest BCUT2D eigenvalue weighted by Gasteiger charge is -2.08. The third-order valence-electron chi connectivity index (χ3n) is 3.38. The Bertz CT molecular complexity index is 872. The Hall–Kier alpha value is -3.35. The average molecular weight is 323 g/mol. The molecule has 0 unspecified atom stereocenters. The van der Waals surface area contributed by atoms with Gasteiger partial charge in [0.25, 0.3) is 0 Å². The van der Waals surface area contributed by atoms with Gasteiger partial charge in [0.1, 0.15) is 16.9 Å². The number of nitrogens with one attached hydrogen (secondary N) is 2. The number of rotatable bonds is 3. The molecule has 4 aromatic rings. The van der Waals surface area contributed by atoms with Gasteiger partial charge in [0.05, 0.1) is 14.2 Å². The van der Waals surface area contributed by atoms with Crippen LogP contribution in [0.2, 0.25) is 0 Å². The van der Waals surface area contributed by atoms with Crippen LogP contribution in [-0.4, -0.2) is 39.6 Å². The predicted octanol–water partition coefficient (Wildman–Crippen LogP) is 3.05. The van der Waals surface area contributed by atoms with Gasteiger partial charge in [-0.3, -0.25) is 0 Å². The third kappa shape index (κ3) is 3.35. The normalized spacial score (nSPS) is 10.1. The summed E-state index contributed by atoms with van der Waals surface area (Å²) in [5, 5.41) is 10.3. The highest BCUT2D eigenvalue weighted by atomic mass is 16.5. The van der Waals surface area contributed by atoms with Crippen LogP contribution in [0.5, 0.6) is 11.5 Å². The molecule has 0 saturated heterocycles. The fourth-order valence-corrected chi connectivity index (χ4v) is 2.19. The van der Waals surface area contributed by atoms with Crippen molar-refractivity contribution in [3.8, 4) is 22.9 Å². The number of fused-ring (bicyclic) bond motifs is 1. The van der Waals surface area contributed by atoms with Crippen LogP contribution in [0.15, 0.2) is 54.9 Å². The van der Waals surface area contributed by atoms with Crippen LogP contribution in [-0.2, 0) is 0 Å². The van der Waals surface area contributed by atoms with Gasteiger partial charge in [-0.1, -0.05) is 12.1 Å². The zero-order valence-electron chi connectivity index (χ0n) is 13.4. The molecular weight excluding hydrogens is 306 g/mol. The van der Waals surface area contributed by atoms with Gasteiger partial charge >= 0.3 is 0 Å². The zero-order valence-corrected chi connectivity index (χ0v) is 13.4. The number of benzene rings is 2. The fourth-order valence-electron chi connectivity index (χ4n) is 2.19. The van der Waals surface area contributed by atoms with E-state index in [9.17, 15) is 0 Å². The smallest absolute Gasteiger partial charge is 0.161 e. The van der Waals surface area contributed by atoms with Gasteiger partial charge in [-0.05, 0) is 30.3 Å². The summed E-state index contributed by atoms with van der Waals surface area (Å²) >= 11 is 0. The molecule has 24 heavy (non-hydrogen) atoms. The van der Waals surface area contributed by atoms with Gasteiger partial charge in [-0.2, -0.15) is 15.4 Å². The number of aromatic nitrogens is 5. The Kier molecular flexibility index (Phi) is 4.71. The second-order valence-electron chi connectivity index (χ2n) is 4.82. The highest BCUT2D eigenvalue weighted by molar-refractivity contribution is 5.72. The van der Waals surface area contributed by atoms with Crippen molar-refractivity contribution in [2.24, 2.45) is 0 Å². The van der Waals surface area contributed by atoms with Crippen LogP contribution in [0.3, 0.4) is 0 Å². The molecule has 4 rings (SSSR count). The third-order valence-corrected chi connectivity index (χ3v) is 3.38. The largest absolute Gasteiger partial charge is 0.493 e. The molecule has 2 aromatic carbocycles. The van der Waals surface area contributed by atoms with E-state index >= 15 is 0 Å². The molecule has 0 aliphatic heterocycles. The molecule has 2 heterocycles. The van der Waals surface area contributed by atoms with Crippen molar-refractivity contribution >= 4 is 11.0 Å². The molecule has 0 radical (unpaired) electrons. The number of H-pyrrole nitrogens is 2. The predicted molar refractivity (Wildman–Crippen MR) is 91.0 cm³/mol. The van der Waals surface area contributed by atoms with E-state index in [1.54, 1.807) is 26.6 Å². The number of hydrogen-bond acceptors (Lipinski definition) is 5. The first kappa shape index (κ1) is 15.5. The second-order valence-corrected chi connectivity index (χ2v) is 4.82. The molecule has 122 valence electrons. The van der Waals surface area contributed by atoms with Crippen LogP contribution in [0, 0.1) is 0 Å². The second kappa shape index (κ2) is 7.28. The van der Waals surface area contributed by atoms with Crippen LogP contribution in [0.1, 0.15) is 0 Å². The molecule has 0 aliphatic carbocycles. The van der Waals surface area contributed by atoms with Crippen LogP contribution in [0.4, 0.5) is 0 Å². The Balaban J connectivity index is 0.000000159. The SMILES string of the molecule is COc1ccc(-c2ncc[nH]2)cc1OC.c1ccc2n[nH]nc2c1. The number of methoxy groups -OCH3 is 2. The van der Waals surface area contributed by atoms with Gasteiger partial charge < -0.3 is 14.5 Å². The summed E-state index contributed by atoms with van der Waals surface area (Å²) in [5.41, 5.74) is 2.80. The maximum atomic E-state index is 5.21. The van der Waals surface area contributed by atoms with Gasteiger partial charge in [-0.15, -0.1) is 0 Å². The van der Waals surface area contributed by atoms with Crippen molar-refractivity contribution in [3.63, 3.8) is 0 Å². The molecular formula is C17H17N5O2. The van der Waals surface area contributed by atoms with E-state index in [1.807, 2.05) is 42.5 Å². The molecule has 0 bridgehead atoms. The van der Waals surface area contributed by atoms with E-state index in [-0.39, 0.29) is 0 Å². The van der Waals surface area contributed by atoms with Gasteiger partial charge in [-0.25, -0.2) is 4.98 Å². The van der Waals surface area contributed by atoms with E-state index < -0.39 is 0 Å². The minimum atomic E-state index is 0.700. The van der Waals surface area contributed by atoms with Gasteiger partial charge in [0.15, 0.2) is 11.5 Å². The summed E-state index contributed by atoms with van der Waals surface area (Å²) in [6.45, 7) is 0. The maximum absolute atomic E-state index is 5.21. The van der Waals surface area contributed by atoms with Crippen LogP contribution in [0.25, 0.3) is 22.4 Å². The lowest BCUT2D eigenvalue weighted by atomic mass is 10.2. The van der Waals surface area contributed by atoms with E-state index in [0.717, 1.165) is 22.4 Å². The monoisotopic (exact) mass is 323 g/mol. The maximum Gasteiger partial charge on any atom is 0.161 e. The number of para-hydroxylation sites is 2. The van der Waals surface area contributed by atoms with Crippen molar-refractivity contribution in [1.82, 2.24) is 25.4 Å². The summed E-state index contributed by atoms with van der Waals surface area (Å²) in [4.78, 5) is 7.20. The summed E-state index contributed by atoms with van der Waals surface area (Å²) in [7, 11) is 3.23. The van der Waals surface area contributed by atoms with Crippen molar-refractivity contribution < 1.29 is 9.47 Å². The molecule has 0 amide bonds. The molecule has 7 nitrogen and oxygen atoms in total. The van der Waals surface area contributed by atoms with Crippen LogP contribution >= 0.6 is 0 Å². The van der Waals surface area contributed by atoms with E-state index in [0.29, 0.717) is 11.5 Å². The molecule has 0 fully saturated rings. The molecule has 2 aromatic heterocycles. The first-order chi connectivity index (χ1) is 11.8. The molecule has 0 atom stereocenters. The summed E-state index contributed by atoms with van der Waals surface area (Å²) in [6, 6.07) is 13.4. The van der Waals surface area contributed by atoms with Crippen LogP contribution < -0.4 is 9.47 Å². The van der Waals surface area contributed by atoms with Crippen molar-refractivity contribution in [2.75, 3.05) is 14.2 Å². The fraction of sp³-hybridized carbons (Fsp3) is 0.118. The molecule has 0 spiro atoms. The van der Waals surface area contributed by atoms with Crippen molar-refractivity contribution in [1.29, 1.82) is 0 Å². The Morgan fingerprint density at radius 1 is 0.875 bits per heavy atom. The summed E-state index contributed by atoms with van der Waals surface area (Å²) in [5.74, 6) is 2.23. The van der Waals surface area contributed by atoms with E-state index in [2.05, 4.69) is 25.4 Å². The topological polar surface area (TPSA) is 88.7 Å². The standard InChI is InChI=1S/C11H12N2O2.C6H5N3/c1-14-9-4-3-8(7-10(9)15-2)11-12-5-6-13-11;1-2-4-6-5(3-1)7-9-8-6/h3-7H,1-2H3,(H,12,13);1-4H,(H,7,8,9). The number of imidazole rings is 1. The lowest BCUT2D eigenvalue weighted by Crippen LogP contribution is -1.91. The van der Waals surface area contributed by atoms with Crippen molar-refractivity contribution in [2.45, 2.75) is 0 Å². The molecule has 0 saturated carbocycles. The van der Waals surface area contributed by atoms with Gasteiger partial charge in [0.2, 0.25) is 0 Å². The highest BCUT2D eigenvalue weighted by Gasteiger charge is 2.06. The minimum Gasteiger partial charge on any atom is -0.493 e. The number of nitrogens with zero attached hydrogens (tertiary/aromatic N) is 3. The molecule has 2 N–H and O–H groups in total. The van der Waals surface area contributed by atoms with Gasteiger partial charge in [0, 0.05) is 18.0 Å². The highest BCUT2D eigenvalue weighted by Crippen LogP contribution is 2.30. The summed E-state index contributed by atoms with van der Waals surface area (Å²) < 4.78 is 10.4. The lowest BCUT2D eigenvalue weighted by molar-refractivity contribution is 0.355. The Morgan fingerprint density at radius 3 is 2.17 bits per heavy atom.